The monoisotopic (exact) mass is 306 g/mol. The number of nitrogens with one attached hydrogen (secondary N) is 1. The van der Waals surface area contributed by atoms with E-state index in [4.69, 9.17) is 0 Å². The van der Waals surface area contributed by atoms with E-state index in [1.807, 2.05) is 0 Å². The van der Waals surface area contributed by atoms with Gasteiger partial charge in [-0.15, -0.1) is 13.2 Å². The fourth-order valence-corrected chi connectivity index (χ4v) is 1.33. The largest absolute Gasteiger partial charge is 0.573 e. The molecule has 0 radical (unpaired) electrons. The van der Waals surface area contributed by atoms with Crippen molar-refractivity contribution in [2.75, 3.05) is 19.0 Å². The molecule has 0 fully saturated rings. The zero-order chi connectivity index (χ0) is 16.3. The van der Waals surface area contributed by atoms with Gasteiger partial charge < -0.3 is 20.1 Å². The summed E-state index contributed by atoms with van der Waals surface area (Å²) in [6, 6.07) is 4.29. The Morgan fingerprint density at radius 2 is 1.81 bits per heavy atom. The fraction of sp³-hybridized carbons (Fsp3) is 0.462. The highest BCUT2D eigenvalue weighted by atomic mass is 19.4. The number of nitrogens with zero attached hydrogens (tertiary/aromatic N) is 1. The standard InChI is InChI=1S/C13H17F3N2O3/c1-12(2,8-19)18(3)11(20)17-9-4-6-10(7-5-9)21-13(14,15)16/h4-7,19H,8H2,1-3H3,(H,17,20). The Bertz CT molecular complexity index is 486. The van der Waals surface area contributed by atoms with Crippen LogP contribution in [0.2, 0.25) is 0 Å². The minimum absolute atomic E-state index is 0.227. The van der Waals surface area contributed by atoms with Crippen molar-refractivity contribution < 1.29 is 27.8 Å². The van der Waals surface area contributed by atoms with Crippen molar-refractivity contribution in [3.05, 3.63) is 24.3 Å². The topological polar surface area (TPSA) is 61.8 Å². The van der Waals surface area contributed by atoms with Crippen molar-refractivity contribution in [2.45, 2.75) is 25.7 Å². The number of hydrogen-bond acceptors (Lipinski definition) is 3. The third kappa shape index (κ3) is 5.14. The summed E-state index contributed by atoms with van der Waals surface area (Å²) in [6.45, 7) is 3.12. The quantitative estimate of drug-likeness (QED) is 0.899. The summed E-state index contributed by atoms with van der Waals surface area (Å²) in [4.78, 5) is 13.2. The molecule has 0 unspecified atom stereocenters. The first-order chi connectivity index (χ1) is 9.55. The molecule has 0 heterocycles. The van der Waals surface area contributed by atoms with Crippen molar-refractivity contribution in [1.29, 1.82) is 0 Å². The number of rotatable bonds is 4. The second-order valence-electron chi connectivity index (χ2n) is 5.03. The minimum Gasteiger partial charge on any atom is -0.406 e. The van der Waals surface area contributed by atoms with Crippen molar-refractivity contribution in [3.8, 4) is 5.75 Å². The first kappa shape index (κ1) is 17.1. The first-order valence-corrected chi connectivity index (χ1v) is 6.06. The number of carbonyl (C=O) groups is 1. The number of alkyl halides is 3. The predicted molar refractivity (Wildman–Crippen MR) is 71.1 cm³/mol. The van der Waals surface area contributed by atoms with Gasteiger partial charge in [-0.1, -0.05) is 0 Å². The summed E-state index contributed by atoms with van der Waals surface area (Å²) in [7, 11) is 1.51. The van der Waals surface area contributed by atoms with E-state index in [0.717, 1.165) is 12.1 Å². The Balaban J connectivity index is 2.70. The van der Waals surface area contributed by atoms with Gasteiger partial charge in [0.1, 0.15) is 5.75 Å². The number of likely N-dealkylation sites (N-methyl/N-ethyl adjacent to an activating group) is 1. The maximum Gasteiger partial charge on any atom is 0.573 e. The number of hydrogen-bond donors (Lipinski definition) is 2. The smallest absolute Gasteiger partial charge is 0.406 e. The van der Waals surface area contributed by atoms with E-state index in [2.05, 4.69) is 10.1 Å². The van der Waals surface area contributed by atoms with Crippen LogP contribution in [0.25, 0.3) is 0 Å². The molecule has 0 aliphatic rings. The summed E-state index contributed by atoms with van der Waals surface area (Å²) in [6.07, 6.45) is -4.75. The normalized spacial score (nSPS) is 12.0. The lowest BCUT2D eigenvalue weighted by molar-refractivity contribution is -0.274. The summed E-state index contributed by atoms with van der Waals surface area (Å²) in [5, 5.41) is 11.7. The van der Waals surface area contributed by atoms with Crippen LogP contribution in [0.1, 0.15) is 13.8 Å². The second-order valence-corrected chi connectivity index (χ2v) is 5.03. The van der Waals surface area contributed by atoms with E-state index in [0.29, 0.717) is 5.69 Å². The average Bonchev–Trinajstić information content (AvgIpc) is 2.38. The van der Waals surface area contributed by atoms with Gasteiger partial charge in [-0.05, 0) is 38.1 Å². The molecule has 0 atom stereocenters. The first-order valence-electron chi connectivity index (χ1n) is 6.06. The Hall–Kier alpha value is -1.96. The molecule has 2 N–H and O–H groups in total. The molecule has 118 valence electrons. The number of anilines is 1. The van der Waals surface area contributed by atoms with Crippen LogP contribution < -0.4 is 10.1 Å². The minimum atomic E-state index is -4.75. The summed E-state index contributed by atoms with van der Waals surface area (Å²) >= 11 is 0. The summed E-state index contributed by atoms with van der Waals surface area (Å²) < 4.78 is 39.7. The predicted octanol–water partition coefficient (Wildman–Crippen LogP) is 2.82. The third-order valence-electron chi connectivity index (χ3n) is 2.94. The van der Waals surface area contributed by atoms with E-state index in [9.17, 15) is 23.1 Å². The van der Waals surface area contributed by atoms with E-state index < -0.39 is 17.9 Å². The Morgan fingerprint density at radius 1 is 1.29 bits per heavy atom. The number of carbonyl (C=O) groups excluding carboxylic acids is 1. The van der Waals surface area contributed by atoms with Gasteiger partial charge in [0, 0.05) is 12.7 Å². The Morgan fingerprint density at radius 3 is 2.24 bits per heavy atom. The molecule has 1 rings (SSSR count). The molecule has 0 saturated carbocycles. The van der Waals surface area contributed by atoms with Crippen molar-refractivity contribution in [1.82, 2.24) is 4.90 Å². The van der Waals surface area contributed by atoms with Crippen molar-refractivity contribution >= 4 is 11.7 Å². The van der Waals surface area contributed by atoms with Gasteiger partial charge in [-0.2, -0.15) is 0 Å². The molecule has 1 aromatic rings. The lowest BCUT2D eigenvalue weighted by atomic mass is 10.1. The van der Waals surface area contributed by atoms with Gasteiger partial charge in [0.25, 0.3) is 0 Å². The zero-order valence-corrected chi connectivity index (χ0v) is 11.9. The maximum atomic E-state index is 12.0. The number of benzene rings is 1. The lowest BCUT2D eigenvalue weighted by Gasteiger charge is -2.33. The van der Waals surface area contributed by atoms with Crippen LogP contribution in [0.5, 0.6) is 5.75 Å². The summed E-state index contributed by atoms with van der Waals surface area (Å²) in [5.74, 6) is -0.371. The van der Waals surface area contributed by atoms with Gasteiger partial charge in [0.2, 0.25) is 0 Å². The molecule has 1 aromatic carbocycles. The van der Waals surface area contributed by atoms with Crippen LogP contribution in [0.15, 0.2) is 24.3 Å². The van der Waals surface area contributed by atoms with Crippen molar-refractivity contribution in [3.63, 3.8) is 0 Å². The average molecular weight is 306 g/mol. The van der Waals surface area contributed by atoms with E-state index in [1.165, 1.54) is 24.1 Å². The summed E-state index contributed by atoms with van der Waals surface area (Å²) in [5.41, 5.74) is -0.446. The van der Waals surface area contributed by atoms with Crippen LogP contribution in [-0.2, 0) is 0 Å². The molecule has 0 aliphatic carbocycles. The van der Waals surface area contributed by atoms with Crippen LogP contribution >= 0.6 is 0 Å². The highest BCUT2D eigenvalue weighted by Crippen LogP contribution is 2.24. The number of halogens is 3. The number of ether oxygens (including phenoxy) is 1. The highest BCUT2D eigenvalue weighted by Gasteiger charge is 2.31. The zero-order valence-electron chi connectivity index (χ0n) is 11.9. The maximum absolute atomic E-state index is 12.0. The van der Waals surface area contributed by atoms with Crippen LogP contribution in [0.3, 0.4) is 0 Å². The second kappa shape index (κ2) is 6.21. The molecule has 0 aliphatic heterocycles. The lowest BCUT2D eigenvalue weighted by Crippen LogP contribution is -2.49. The number of amides is 2. The highest BCUT2D eigenvalue weighted by molar-refractivity contribution is 5.89. The van der Waals surface area contributed by atoms with Gasteiger partial charge in [-0.25, -0.2) is 4.79 Å². The van der Waals surface area contributed by atoms with E-state index in [-0.39, 0.29) is 12.4 Å². The van der Waals surface area contributed by atoms with Crippen LogP contribution in [0, 0.1) is 0 Å². The molecule has 21 heavy (non-hydrogen) atoms. The number of aliphatic hydroxyl groups is 1. The molecule has 0 spiro atoms. The van der Waals surface area contributed by atoms with Crippen LogP contribution in [0.4, 0.5) is 23.7 Å². The Kier molecular flexibility index (Phi) is 5.06. The number of urea groups is 1. The molecule has 0 saturated heterocycles. The van der Waals surface area contributed by atoms with Crippen molar-refractivity contribution in [2.24, 2.45) is 0 Å². The number of aliphatic hydroxyl groups excluding tert-OH is 1. The van der Waals surface area contributed by atoms with Gasteiger partial charge in [0.15, 0.2) is 0 Å². The molecule has 2 amide bonds. The SMILES string of the molecule is CN(C(=O)Nc1ccc(OC(F)(F)F)cc1)C(C)(C)CO. The fourth-order valence-electron chi connectivity index (χ4n) is 1.33. The molecule has 5 nitrogen and oxygen atoms in total. The van der Waals surface area contributed by atoms with Crippen LogP contribution in [-0.4, -0.2) is 41.6 Å². The molecule has 0 aromatic heterocycles. The van der Waals surface area contributed by atoms with Gasteiger partial charge in [-0.3, -0.25) is 0 Å². The van der Waals surface area contributed by atoms with Gasteiger partial charge in [0.05, 0.1) is 12.1 Å². The van der Waals surface area contributed by atoms with E-state index >= 15 is 0 Å². The van der Waals surface area contributed by atoms with E-state index in [1.54, 1.807) is 13.8 Å². The molecular weight excluding hydrogens is 289 g/mol. The third-order valence-corrected chi connectivity index (χ3v) is 2.94. The molecule has 8 heteroatoms. The molecule has 0 bridgehead atoms. The molecular formula is C13H17F3N2O3. The van der Waals surface area contributed by atoms with Gasteiger partial charge >= 0.3 is 12.4 Å². The Labute approximate surface area is 120 Å².